The van der Waals surface area contributed by atoms with Crippen molar-refractivity contribution in [2.45, 2.75) is 27.7 Å². The Balaban J connectivity index is 1.18. The number of hydrogen-bond acceptors (Lipinski definition) is 4. The Morgan fingerprint density at radius 1 is 0.333 bits per heavy atom. The molecular formula is C54H42N4S2. The van der Waals surface area contributed by atoms with Crippen LogP contribution in [0.3, 0.4) is 0 Å². The summed E-state index contributed by atoms with van der Waals surface area (Å²) in [5, 5.41) is 4.84. The monoisotopic (exact) mass is 810 g/mol. The minimum Gasteiger partial charge on any atom is -0.308 e. The van der Waals surface area contributed by atoms with Crippen molar-refractivity contribution in [1.29, 1.82) is 0 Å². The van der Waals surface area contributed by atoms with E-state index in [9.17, 15) is 0 Å². The average molecular weight is 811 g/mol. The van der Waals surface area contributed by atoms with E-state index in [1.54, 1.807) is 0 Å². The lowest BCUT2D eigenvalue weighted by Crippen LogP contribution is -2.08. The molecule has 0 saturated carbocycles. The third-order valence-corrected chi connectivity index (χ3v) is 13.9. The molecule has 6 heteroatoms. The van der Waals surface area contributed by atoms with E-state index in [-0.39, 0.29) is 0 Å². The number of rotatable bonds is 8. The second kappa shape index (κ2) is 14.5. The molecule has 0 saturated heterocycles. The zero-order valence-electron chi connectivity index (χ0n) is 33.9. The zero-order chi connectivity index (χ0) is 40.5. The minimum atomic E-state index is 1.14. The lowest BCUT2D eigenvalue weighted by molar-refractivity contribution is 1.17. The van der Waals surface area contributed by atoms with Gasteiger partial charge in [0.2, 0.25) is 0 Å². The van der Waals surface area contributed by atoms with Crippen LogP contribution in [0.5, 0.6) is 0 Å². The molecule has 0 N–H and O–H groups in total. The molecule has 11 rings (SSSR count). The maximum Gasteiger partial charge on any atom is 0.103 e. The first kappa shape index (κ1) is 36.2. The molecule has 0 spiro atoms. The molecule has 0 aliphatic carbocycles. The van der Waals surface area contributed by atoms with Crippen LogP contribution in [0, 0.1) is 27.7 Å². The number of nitrogens with zero attached hydrogens (tertiary/aromatic N) is 4. The molecule has 4 heterocycles. The van der Waals surface area contributed by atoms with Gasteiger partial charge in [-0.1, -0.05) is 107 Å². The van der Waals surface area contributed by atoms with Crippen LogP contribution in [0.1, 0.15) is 22.3 Å². The summed E-state index contributed by atoms with van der Waals surface area (Å²) in [7, 11) is 0. The maximum atomic E-state index is 2.47. The molecule has 0 fully saturated rings. The van der Waals surface area contributed by atoms with Crippen LogP contribution in [0.2, 0.25) is 0 Å². The molecule has 0 unspecified atom stereocenters. The van der Waals surface area contributed by atoms with Crippen molar-refractivity contribution in [1.82, 2.24) is 9.13 Å². The molecule has 0 aliphatic rings. The fourth-order valence-electron chi connectivity index (χ4n) is 8.54. The third-order valence-electron chi connectivity index (χ3n) is 11.6. The third kappa shape index (κ3) is 6.10. The first-order valence-electron chi connectivity index (χ1n) is 20.4. The van der Waals surface area contributed by atoms with Crippen LogP contribution in [-0.4, -0.2) is 9.13 Å². The fraction of sp³-hybridized carbons (Fsp3) is 0.0741. The van der Waals surface area contributed by atoms with Crippen LogP contribution in [0.25, 0.3) is 53.6 Å². The van der Waals surface area contributed by atoms with E-state index in [1.165, 1.54) is 74.5 Å². The van der Waals surface area contributed by atoms with Crippen molar-refractivity contribution in [3.8, 4) is 11.4 Å². The van der Waals surface area contributed by atoms with Gasteiger partial charge in [-0.15, -0.1) is 22.7 Å². The maximum absolute atomic E-state index is 2.47. The Morgan fingerprint density at radius 3 is 0.933 bits per heavy atom. The quantitative estimate of drug-likeness (QED) is 0.152. The molecule has 0 amide bonds. The normalized spacial score (nSPS) is 11.7. The summed E-state index contributed by atoms with van der Waals surface area (Å²) in [5.41, 5.74) is 16.7. The largest absolute Gasteiger partial charge is 0.308 e. The van der Waals surface area contributed by atoms with Gasteiger partial charge in [0.25, 0.3) is 0 Å². The van der Waals surface area contributed by atoms with Gasteiger partial charge in [-0.3, -0.25) is 0 Å². The van der Waals surface area contributed by atoms with Crippen molar-refractivity contribution in [2.24, 2.45) is 0 Å². The van der Waals surface area contributed by atoms with Gasteiger partial charge in [0, 0.05) is 44.9 Å². The van der Waals surface area contributed by atoms with Gasteiger partial charge in [-0.05, 0) is 125 Å². The second-order valence-corrected chi connectivity index (χ2v) is 17.9. The lowest BCUT2D eigenvalue weighted by Gasteiger charge is -2.24. The fourth-order valence-corrected chi connectivity index (χ4v) is 11.0. The number of aromatic nitrogens is 2. The molecule has 4 nitrogen and oxygen atoms in total. The highest BCUT2D eigenvalue weighted by atomic mass is 32.1. The molecule has 290 valence electrons. The lowest BCUT2D eigenvalue weighted by atomic mass is 10.1. The molecular weight excluding hydrogens is 769 g/mol. The first-order valence-corrected chi connectivity index (χ1v) is 22.0. The summed E-state index contributed by atoms with van der Waals surface area (Å²) < 4.78 is 7.48. The predicted molar refractivity (Wildman–Crippen MR) is 259 cm³/mol. The Bertz CT molecular complexity index is 3000. The number of benzene rings is 7. The smallest absolute Gasteiger partial charge is 0.103 e. The topological polar surface area (TPSA) is 16.3 Å². The SMILES string of the molecule is Cc1ccc(N(c2ccc(C)cc2)c2cc3c(s2)c2cc4c(cc2n3-c2ccccc2)c2sc(N(c3ccc(C)cc3)c3ccc(C)cc3)cc2n4-c2ccccc2)cc1. The Morgan fingerprint density at radius 2 is 0.633 bits per heavy atom. The van der Waals surface area contributed by atoms with Crippen molar-refractivity contribution in [2.75, 3.05) is 9.80 Å². The van der Waals surface area contributed by atoms with Gasteiger partial charge in [0.15, 0.2) is 0 Å². The van der Waals surface area contributed by atoms with Gasteiger partial charge in [0.05, 0.1) is 31.5 Å². The summed E-state index contributed by atoms with van der Waals surface area (Å²) in [5.74, 6) is 0. The van der Waals surface area contributed by atoms with Crippen molar-refractivity contribution < 1.29 is 0 Å². The van der Waals surface area contributed by atoms with E-state index in [0.717, 1.165) is 34.1 Å². The van der Waals surface area contributed by atoms with E-state index in [4.69, 9.17) is 0 Å². The van der Waals surface area contributed by atoms with Gasteiger partial charge in [-0.25, -0.2) is 0 Å². The summed E-state index contributed by atoms with van der Waals surface area (Å²) in [6, 6.07) is 66.9. The minimum absolute atomic E-state index is 1.14. The number of para-hydroxylation sites is 2. The number of thiophene rings is 2. The van der Waals surface area contributed by atoms with Crippen LogP contribution in [-0.2, 0) is 0 Å². The molecule has 0 aliphatic heterocycles. The Kier molecular flexibility index (Phi) is 8.73. The zero-order valence-corrected chi connectivity index (χ0v) is 35.6. The highest BCUT2D eigenvalue weighted by Crippen LogP contribution is 2.50. The van der Waals surface area contributed by atoms with Gasteiger partial charge in [-0.2, -0.15) is 0 Å². The van der Waals surface area contributed by atoms with E-state index < -0.39 is 0 Å². The molecule has 0 radical (unpaired) electrons. The molecule has 0 bridgehead atoms. The average Bonchev–Trinajstić information content (AvgIpc) is 4.03. The van der Waals surface area contributed by atoms with Gasteiger partial charge in [0.1, 0.15) is 10.0 Å². The van der Waals surface area contributed by atoms with Crippen molar-refractivity contribution in [3.63, 3.8) is 0 Å². The van der Waals surface area contributed by atoms with E-state index in [2.05, 4.69) is 229 Å². The van der Waals surface area contributed by atoms with Crippen molar-refractivity contribution >= 4 is 97.7 Å². The van der Waals surface area contributed by atoms with E-state index in [0.29, 0.717) is 0 Å². The summed E-state index contributed by atoms with van der Waals surface area (Å²) in [6.07, 6.45) is 0. The number of aryl methyl sites for hydroxylation is 4. The highest BCUT2D eigenvalue weighted by Gasteiger charge is 2.25. The summed E-state index contributed by atoms with van der Waals surface area (Å²) in [4.78, 5) is 4.81. The first-order chi connectivity index (χ1) is 29.4. The van der Waals surface area contributed by atoms with Crippen LogP contribution in [0.15, 0.2) is 182 Å². The van der Waals surface area contributed by atoms with E-state index >= 15 is 0 Å². The van der Waals surface area contributed by atoms with Crippen molar-refractivity contribution in [3.05, 3.63) is 204 Å². The van der Waals surface area contributed by atoms with Crippen LogP contribution >= 0.6 is 22.7 Å². The molecule has 0 atom stereocenters. The van der Waals surface area contributed by atoms with Gasteiger partial charge >= 0.3 is 0 Å². The van der Waals surface area contributed by atoms with Crippen LogP contribution < -0.4 is 9.80 Å². The molecule has 11 aromatic rings. The highest BCUT2D eigenvalue weighted by molar-refractivity contribution is 7.24. The Hall–Kier alpha value is -6.86. The summed E-state index contributed by atoms with van der Waals surface area (Å²) in [6.45, 7) is 8.59. The number of anilines is 6. The summed E-state index contributed by atoms with van der Waals surface area (Å²) >= 11 is 3.73. The molecule has 7 aromatic carbocycles. The van der Waals surface area contributed by atoms with Crippen LogP contribution in [0.4, 0.5) is 32.8 Å². The molecule has 60 heavy (non-hydrogen) atoms. The Labute approximate surface area is 358 Å². The standard InChI is InChI=1S/C54H42N4S2/c1-35-15-23-41(24-16-35)55(42-25-17-36(2)18-26-42)51-33-49-53(59-51)45-31-48-46(32-47(45)57(49)39-11-7-5-8-12-39)54-50(58(48)40-13-9-6-10-14-40)34-52(60-54)56(43-27-19-37(3)20-28-43)44-29-21-38(4)22-30-44/h5-34H,1-4H3. The second-order valence-electron chi connectivity index (χ2n) is 15.8. The predicted octanol–water partition coefficient (Wildman–Crippen LogP) is 16.2. The number of hydrogen-bond donors (Lipinski definition) is 0. The van der Waals surface area contributed by atoms with Gasteiger partial charge < -0.3 is 18.9 Å². The number of fused-ring (bicyclic) bond motifs is 6. The molecule has 4 aromatic heterocycles. The van der Waals surface area contributed by atoms with E-state index in [1.807, 2.05) is 22.7 Å².